The van der Waals surface area contributed by atoms with Crippen molar-refractivity contribution in [3.8, 4) is 0 Å². The molecule has 3 saturated carbocycles. The van der Waals surface area contributed by atoms with Gasteiger partial charge in [-0.25, -0.2) is 4.39 Å². The lowest BCUT2D eigenvalue weighted by atomic mass is 9.64. The molecule has 3 aliphatic carbocycles. The number of anilines is 1. The van der Waals surface area contributed by atoms with Crippen molar-refractivity contribution in [1.82, 2.24) is 15.1 Å². The number of Topliss-reactive ketones (excluding diaryl/α,β-unsaturated/α-hetero) is 1. The molecule has 228 valence electrons. The highest BCUT2D eigenvalue weighted by molar-refractivity contribution is 6.20. The molecule has 7 rings (SSSR count). The highest BCUT2D eigenvalue weighted by Gasteiger charge is 2.60. The van der Waals surface area contributed by atoms with E-state index in [1.165, 1.54) is 25.7 Å². The maximum absolute atomic E-state index is 16.2. The minimum absolute atomic E-state index is 0.0175. The van der Waals surface area contributed by atoms with Gasteiger partial charge in [0.2, 0.25) is 0 Å². The number of nitrogens with one attached hydrogen (secondary N) is 1. The Labute approximate surface area is 248 Å². The maximum atomic E-state index is 16.2. The van der Waals surface area contributed by atoms with Crippen LogP contribution < -0.4 is 16.0 Å². The highest BCUT2D eigenvalue weighted by atomic mass is 19.1. The van der Waals surface area contributed by atoms with Crippen LogP contribution >= 0.6 is 0 Å². The van der Waals surface area contributed by atoms with E-state index in [1.807, 2.05) is 49.5 Å². The van der Waals surface area contributed by atoms with Gasteiger partial charge in [0.25, 0.3) is 5.91 Å². The standard InChI is InChI=1S/C33H46FN5O3/c1-37(2)26-10-6-5-9-21(26)16-36-33(41)24-18-39-27-13-19-7-3-4-8-20(19)14-28(27)42-32-29(39)23(31(24)40)15-25(34)30(32)38-12-11-22(35)17-38/h5-6,9-10,18-20,22-23,25,27-30,32H,3-4,7-8,11-17,35H2,1-2H3,(H,36,41). The topological polar surface area (TPSA) is 91.1 Å². The van der Waals surface area contributed by atoms with Crippen molar-refractivity contribution in [2.75, 3.05) is 32.1 Å². The minimum Gasteiger partial charge on any atom is -0.377 e. The zero-order chi connectivity index (χ0) is 29.1. The van der Waals surface area contributed by atoms with Crippen molar-refractivity contribution < 1.29 is 18.7 Å². The number of ketones is 1. The summed E-state index contributed by atoms with van der Waals surface area (Å²) in [6.07, 6.45) is 8.19. The van der Waals surface area contributed by atoms with Gasteiger partial charge in [-0.2, -0.15) is 0 Å². The van der Waals surface area contributed by atoms with E-state index >= 15 is 4.39 Å². The fraction of sp³-hybridized carbons (Fsp3) is 0.697. The molecule has 1 aromatic carbocycles. The number of amides is 1. The monoisotopic (exact) mass is 579 g/mol. The number of ether oxygens (including phenoxy) is 1. The van der Waals surface area contributed by atoms with Crippen LogP contribution in [0, 0.1) is 17.8 Å². The second-order valence-corrected chi connectivity index (χ2v) is 13.9. The minimum atomic E-state index is -1.20. The number of rotatable bonds is 5. The molecule has 42 heavy (non-hydrogen) atoms. The van der Waals surface area contributed by atoms with Crippen LogP contribution in [0.4, 0.5) is 10.1 Å². The van der Waals surface area contributed by atoms with E-state index in [0.717, 1.165) is 37.1 Å². The summed E-state index contributed by atoms with van der Waals surface area (Å²) in [4.78, 5) is 34.2. The quantitative estimate of drug-likeness (QED) is 0.519. The first-order chi connectivity index (χ1) is 20.3. The van der Waals surface area contributed by atoms with Crippen LogP contribution in [0.3, 0.4) is 0 Å². The van der Waals surface area contributed by atoms with E-state index in [0.29, 0.717) is 24.9 Å². The van der Waals surface area contributed by atoms with Crippen LogP contribution in [0.15, 0.2) is 36.0 Å². The summed E-state index contributed by atoms with van der Waals surface area (Å²) in [7, 11) is 3.94. The molecule has 6 aliphatic rings. The summed E-state index contributed by atoms with van der Waals surface area (Å²) in [5.41, 5.74) is 8.42. The van der Waals surface area contributed by atoms with Gasteiger partial charge in [-0.15, -0.1) is 0 Å². The van der Waals surface area contributed by atoms with E-state index in [4.69, 9.17) is 10.5 Å². The summed E-state index contributed by atoms with van der Waals surface area (Å²) in [6, 6.07) is 7.41. The Balaban J connectivity index is 1.21. The summed E-state index contributed by atoms with van der Waals surface area (Å²) in [6.45, 7) is 1.73. The SMILES string of the molecule is CN(C)c1ccccc1CNC(=O)C1=CN2C3CC4CCCCC4CC3OC3C(N4CCC(N)C4)C(F)CC(C1=O)C32. The van der Waals surface area contributed by atoms with E-state index in [1.54, 1.807) is 0 Å². The van der Waals surface area contributed by atoms with E-state index in [9.17, 15) is 9.59 Å². The second kappa shape index (κ2) is 11.2. The fourth-order valence-corrected chi connectivity index (χ4v) is 9.32. The molecular formula is C33H46FN5O3. The number of nitrogens with two attached hydrogens (primary N) is 1. The van der Waals surface area contributed by atoms with Crippen LogP contribution in [0.5, 0.6) is 0 Å². The number of fused-ring (bicyclic) bond motifs is 3. The number of carbonyl (C=O) groups is 2. The van der Waals surface area contributed by atoms with E-state index < -0.39 is 24.2 Å². The van der Waals surface area contributed by atoms with E-state index in [-0.39, 0.29) is 47.9 Å². The molecule has 3 aliphatic heterocycles. The number of nitrogens with zero attached hydrogens (tertiary/aromatic N) is 3. The molecule has 3 heterocycles. The molecule has 0 bridgehead atoms. The Kier molecular flexibility index (Phi) is 7.55. The zero-order valence-electron chi connectivity index (χ0n) is 25.0. The first-order valence-electron chi connectivity index (χ1n) is 16.2. The highest BCUT2D eigenvalue weighted by Crippen LogP contribution is 2.51. The summed E-state index contributed by atoms with van der Waals surface area (Å²) >= 11 is 0. The number of carbonyl (C=O) groups excluding carboxylic acids is 2. The van der Waals surface area contributed by atoms with Crippen molar-refractivity contribution in [3.05, 3.63) is 41.6 Å². The van der Waals surface area contributed by atoms with Gasteiger partial charge < -0.3 is 25.6 Å². The molecule has 1 aromatic rings. The van der Waals surface area contributed by atoms with Crippen molar-refractivity contribution in [1.29, 1.82) is 0 Å². The molecule has 0 aromatic heterocycles. The molecule has 0 radical (unpaired) electrons. The second-order valence-electron chi connectivity index (χ2n) is 13.9. The van der Waals surface area contributed by atoms with Crippen molar-refractivity contribution in [2.24, 2.45) is 23.5 Å². The summed E-state index contributed by atoms with van der Waals surface area (Å²) < 4.78 is 23.2. The molecule has 9 heteroatoms. The lowest BCUT2D eigenvalue weighted by molar-refractivity contribution is -0.219. The zero-order valence-corrected chi connectivity index (χ0v) is 25.0. The Morgan fingerprint density at radius 3 is 2.60 bits per heavy atom. The van der Waals surface area contributed by atoms with Gasteiger partial charge in [-0.3, -0.25) is 14.5 Å². The molecule has 10 unspecified atom stereocenters. The average molecular weight is 580 g/mol. The number of morpholine rings is 1. The van der Waals surface area contributed by atoms with Crippen molar-refractivity contribution in [2.45, 2.75) is 100 Å². The third kappa shape index (κ3) is 4.85. The molecule has 2 saturated heterocycles. The van der Waals surface area contributed by atoms with Gasteiger partial charge in [-0.05, 0) is 49.1 Å². The van der Waals surface area contributed by atoms with Crippen LogP contribution in [0.1, 0.15) is 56.9 Å². The molecule has 3 N–H and O–H groups in total. The van der Waals surface area contributed by atoms with Crippen LogP contribution in [0.25, 0.3) is 0 Å². The molecule has 10 atom stereocenters. The average Bonchev–Trinajstić information content (AvgIpc) is 3.41. The van der Waals surface area contributed by atoms with Crippen LogP contribution in [-0.2, 0) is 20.9 Å². The molecule has 5 fully saturated rings. The summed E-state index contributed by atoms with van der Waals surface area (Å²) in [5, 5.41) is 3.02. The molecular weight excluding hydrogens is 533 g/mol. The maximum Gasteiger partial charge on any atom is 0.256 e. The van der Waals surface area contributed by atoms with Gasteiger partial charge >= 0.3 is 0 Å². The number of benzene rings is 1. The third-order valence-corrected chi connectivity index (χ3v) is 11.3. The summed E-state index contributed by atoms with van der Waals surface area (Å²) in [5.74, 6) is 0.0793. The predicted octanol–water partition coefficient (Wildman–Crippen LogP) is 3.00. The predicted molar refractivity (Wildman–Crippen MR) is 159 cm³/mol. The van der Waals surface area contributed by atoms with Crippen LogP contribution in [0.2, 0.25) is 0 Å². The van der Waals surface area contributed by atoms with Crippen molar-refractivity contribution >= 4 is 17.4 Å². The van der Waals surface area contributed by atoms with Gasteiger partial charge in [0.15, 0.2) is 5.78 Å². The van der Waals surface area contributed by atoms with Crippen molar-refractivity contribution in [3.63, 3.8) is 0 Å². The van der Waals surface area contributed by atoms with Crippen LogP contribution in [-0.4, -0.2) is 91.2 Å². The first-order valence-corrected chi connectivity index (χ1v) is 16.2. The fourth-order valence-electron chi connectivity index (χ4n) is 9.32. The number of hydrogen-bond donors (Lipinski definition) is 2. The number of halogens is 1. The number of alkyl halides is 1. The Hall–Kier alpha value is -2.49. The van der Waals surface area contributed by atoms with E-state index in [2.05, 4.69) is 15.1 Å². The Bertz CT molecular complexity index is 1240. The lowest BCUT2D eigenvalue weighted by Crippen LogP contribution is -2.73. The Morgan fingerprint density at radius 2 is 1.86 bits per heavy atom. The molecule has 8 nitrogen and oxygen atoms in total. The normalized spacial score (nSPS) is 39.6. The lowest BCUT2D eigenvalue weighted by Gasteiger charge is -2.61. The number of likely N-dealkylation sites (tertiary alicyclic amines) is 1. The Morgan fingerprint density at radius 1 is 1.10 bits per heavy atom. The van der Waals surface area contributed by atoms with Gasteiger partial charge in [-0.1, -0.05) is 43.9 Å². The van der Waals surface area contributed by atoms with Gasteiger partial charge in [0, 0.05) is 57.6 Å². The molecule has 1 amide bonds. The van der Waals surface area contributed by atoms with Gasteiger partial charge in [0.05, 0.1) is 35.9 Å². The first kappa shape index (κ1) is 28.3. The van der Waals surface area contributed by atoms with Gasteiger partial charge in [0.1, 0.15) is 6.17 Å². The smallest absolute Gasteiger partial charge is 0.256 e. The molecule has 0 spiro atoms. The number of hydrogen-bond acceptors (Lipinski definition) is 7. The third-order valence-electron chi connectivity index (χ3n) is 11.3. The number of para-hydroxylation sites is 1. The largest absolute Gasteiger partial charge is 0.377 e.